The summed E-state index contributed by atoms with van der Waals surface area (Å²) in [5, 5.41) is 2.70. The predicted octanol–water partition coefficient (Wildman–Crippen LogP) is 3.99. The SMILES string of the molecule is CCN(CC)c1c(C)ccc2ccccc12. The van der Waals surface area contributed by atoms with Gasteiger partial charge in [0, 0.05) is 24.2 Å². The lowest BCUT2D eigenvalue weighted by molar-refractivity contribution is 0.866. The molecule has 0 saturated carbocycles. The first-order valence-corrected chi connectivity index (χ1v) is 6.01. The fourth-order valence-corrected chi connectivity index (χ4v) is 2.32. The largest absolute Gasteiger partial charge is 0.371 e. The lowest BCUT2D eigenvalue weighted by Gasteiger charge is -2.25. The lowest BCUT2D eigenvalue weighted by Crippen LogP contribution is -2.22. The fourth-order valence-electron chi connectivity index (χ4n) is 2.32. The molecule has 0 aliphatic heterocycles. The van der Waals surface area contributed by atoms with Gasteiger partial charge in [-0.15, -0.1) is 0 Å². The smallest absolute Gasteiger partial charge is 0.0475 e. The van der Waals surface area contributed by atoms with E-state index in [2.05, 4.69) is 62.1 Å². The highest BCUT2D eigenvalue weighted by Gasteiger charge is 2.09. The van der Waals surface area contributed by atoms with Crippen LogP contribution in [0.3, 0.4) is 0 Å². The van der Waals surface area contributed by atoms with Gasteiger partial charge in [0.25, 0.3) is 0 Å². The van der Waals surface area contributed by atoms with Crippen molar-refractivity contribution in [3.63, 3.8) is 0 Å². The van der Waals surface area contributed by atoms with Crippen LogP contribution in [0.15, 0.2) is 36.4 Å². The van der Waals surface area contributed by atoms with Crippen LogP contribution in [0.5, 0.6) is 0 Å². The van der Waals surface area contributed by atoms with Crippen molar-refractivity contribution in [2.24, 2.45) is 0 Å². The molecule has 0 amide bonds. The molecule has 0 spiro atoms. The summed E-state index contributed by atoms with van der Waals surface area (Å²) in [6, 6.07) is 13.0. The number of hydrogen-bond acceptors (Lipinski definition) is 1. The standard InChI is InChI=1S/C15H19N/c1-4-16(5-2)15-12(3)10-11-13-8-6-7-9-14(13)15/h6-11H,4-5H2,1-3H3. The van der Waals surface area contributed by atoms with Crippen LogP contribution in [0.2, 0.25) is 0 Å². The van der Waals surface area contributed by atoms with Crippen LogP contribution >= 0.6 is 0 Å². The Labute approximate surface area is 97.7 Å². The molecule has 84 valence electrons. The normalized spacial score (nSPS) is 10.7. The second-order valence-corrected chi connectivity index (χ2v) is 4.12. The molecular formula is C15H19N. The minimum atomic E-state index is 1.06. The first kappa shape index (κ1) is 11.0. The van der Waals surface area contributed by atoms with Gasteiger partial charge in [0.05, 0.1) is 0 Å². The molecular weight excluding hydrogens is 194 g/mol. The molecule has 0 N–H and O–H groups in total. The van der Waals surface area contributed by atoms with Crippen molar-refractivity contribution in [2.75, 3.05) is 18.0 Å². The summed E-state index contributed by atoms with van der Waals surface area (Å²) >= 11 is 0. The van der Waals surface area contributed by atoms with Gasteiger partial charge in [-0.1, -0.05) is 36.4 Å². The second-order valence-electron chi connectivity index (χ2n) is 4.12. The molecule has 2 aromatic carbocycles. The van der Waals surface area contributed by atoms with Crippen LogP contribution in [0.4, 0.5) is 5.69 Å². The Bertz CT molecular complexity index is 484. The Kier molecular flexibility index (Phi) is 3.14. The maximum Gasteiger partial charge on any atom is 0.0475 e. The summed E-state index contributed by atoms with van der Waals surface area (Å²) in [5.41, 5.74) is 2.76. The number of benzene rings is 2. The summed E-state index contributed by atoms with van der Waals surface area (Å²) in [7, 11) is 0. The lowest BCUT2D eigenvalue weighted by atomic mass is 10.0. The Morgan fingerprint density at radius 2 is 1.62 bits per heavy atom. The topological polar surface area (TPSA) is 3.24 Å². The number of rotatable bonds is 3. The molecule has 0 aliphatic rings. The van der Waals surface area contributed by atoms with Crippen molar-refractivity contribution in [3.05, 3.63) is 42.0 Å². The first-order valence-electron chi connectivity index (χ1n) is 6.01. The van der Waals surface area contributed by atoms with Gasteiger partial charge in [0.15, 0.2) is 0 Å². The Hall–Kier alpha value is -1.50. The van der Waals surface area contributed by atoms with Gasteiger partial charge < -0.3 is 4.90 Å². The van der Waals surface area contributed by atoms with Crippen LogP contribution < -0.4 is 4.90 Å². The molecule has 2 aromatic rings. The van der Waals surface area contributed by atoms with E-state index >= 15 is 0 Å². The minimum absolute atomic E-state index is 1.06. The van der Waals surface area contributed by atoms with Gasteiger partial charge in [-0.25, -0.2) is 0 Å². The van der Waals surface area contributed by atoms with E-state index in [1.807, 2.05) is 0 Å². The van der Waals surface area contributed by atoms with E-state index in [9.17, 15) is 0 Å². The number of nitrogens with zero attached hydrogens (tertiary/aromatic N) is 1. The zero-order valence-corrected chi connectivity index (χ0v) is 10.3. The maximum atomic E-state index is 2.43. The molecule has 0 heterocycles. The van der Waals surface area contributed by atoms with E-state index in [0.717, 1.165) is 13.1 Å². The monoisotopic (exact) mass is 213 g/mol. The zero-order chi connectivity index (χ0) is 11.5. The van der Waals surface area contributed by atoms with Crippen molar-refractivity contribution >= 4 is 16.5 Å². The zero-order valence-electron chi connectivity index (χ0n) is 10.3. The summed E-state index contributed by atoms with van der Waals surface area (Å²) in [4.78, 5) is 2.43. The summed E-state index contributed by atoms with van der Waals surface area (Å²) in [6.45, 7) is 8.74. The van der Waals surface area contributed by atoms with Crippen molar-refractivity contribution in [2.45, 2.75) is 20.8 Å². The average Bonchev–Trinajstić information content (AvgIpc) is 2.33. The van der Waals surface area contributed by atoms with Crippen LogP contribution in [0.25, 0.3) is 10.8 Å². The predicted molar refractivity (Wildman–Crippen MR) is 72.2 cm³/mol. The summed E-state index contributed by atoms with van der Waals surface area (Å²) in [5.74, 6) is 0. The third-order valence-corrected chi connectivity index (χ3v) is 3.18. The molecule has 2 rings (SSSR count). The third kappa shape index (κ3) is 1.78. The summed E-state index contributed by atoms with van der Waals surface area (Å²) < 4.78 is 0. The van der Waals surface area contributed by atoms with Gasteiger partial charge in [-0.2, -0.15) is 0 Å². The van der Waals surface area contributed by atoms with Crippen LogP contribution in [-0.4, -0.2) is 13.1 Å². The molecule has 0 saturated heterocycles. The van der Waals surface area contributed by atoms with E-state index < -0.39 is 0 Å². The minimum Gasteiger partial charge on any atom is -0.371 e. The number of anilines is 1. The number of aryl methyl sites for hydroxylation is 1. The molecule has 1 nitrogen and oxygen atoms in total. The quantitative estimate of drug-likeness (QED) is 0.745. The Morgan fingerprint density at radius 3 is 2.31 bits per heavy atom. The van der Waals surface area contributed by atoms with Crippen LogP contribution in [0.1, 0.15) is 19.4 Å². The van der Waals surface area contributed by atoms with Gasteiger partial charge >= 0.3 is 0 Å². The molecule has 16 heavy (non-hydrogen) atoms. The van der Waals surface area contributed by atoms with E-state index in [0.29, 0.717) is 0 Å². The van der Waals surface area contributed by atoms with E-state index in [1.165, 1.54) is 22.0 Å². The van der Waals surface area contributed by atoms with Crippen molar-refractivity contribution in [1.29, 1.82) is 0 Å². The molecule has 1 heteroatoms. The Balaban J connectivity index is 2.69. The molecule has 0 unspecified atom stereocenters. The van der Waals surface area contributed by atoms with Gasteiger partial charge in [-0.3, -0.25) is 0 Å². The summed E-state index contributed by atoms with van der Waals surface area (Å²) in [6.07, 6.45) is 0. The molecule has 0 aliphatic carbocycles. The number of fused-ring (bicyclic) bond motifs is 1. The molecule has 0 fully saturated rings. The number of hydrogen-bond donors (Lipinski definition) is 0. The van der Waals surface area contributed by atoms with Gasteiger partial charge in [0.1, 0.15) is 0 Å². The molecule has 0 bridgehead atoms. The van der Waals surface area contributed by atoms with Crippen LogP contribution in [0, 0.1) is 6.92 Å². The molecule has 0 atom stereocenters. The Morgan fingerprint density at radius 1 is 0.938 bits per heavy atom. The second kappa shape index (κ2) is 4.56. The van der Waals surface area contributed by atoms with Crippen LogP contribution in [-0.2, 0) is 0 Å². The van der Waals surface area contributed by atoms with Gasteiger partial charge in [0.2, 0.25) is 0 Å². The molecule has 0 aromatic heterocycles. The first-order chi connectivity index (χ1) is 7.77. The van der Waals surface area contributed by atoms with Gasteiger partial charge in [-0.05, 0) is 31.7 Å². The molecule has 0 radical (unpaired) electrons. The van der Waals surface area contributed by atoms with E-state index in [4.69, 9.17) is 0 Å². The van der Waals surface area contributed by atoms with Crippen molar-refractivity contribution < 1.29 is 0 Å². The highest BCUT2D eigenvalue weighted by Crippen LogP contribution is 2.30. The fraction of sp³-hybridized carbons (Fsp3) is 0.333. The average molecular weight is 213 g/mol. The van der Waals surface area contributed by atoms with Crippen molar-refractivity contribution in [1.82, 2.24) is 0 Å². The van der Waals surface area contributed by atoms with E-state index in [1.54, 1.807) is 0 Å². The third-order valence-electron chi connectivity index (χ3n) is 3.18. The van der Waals surface area contributed by atoms with E-state index in [-0.39, 0.29) is 0 Å². The highest BCUT2D eigenvalue weighted by atomic mass is 15.1. The van der Waals surface area contributed by atoms with Crippen molar-refractivity contribution in [3.8, 4) is 0 Å². The maximum absolute atomic E-state index is 2.43. The highest BCUT2D eigenvalue weighted by molar-refractivity contribution is 5.95.